The number of benzene rings is 4. The van der Waals surface area contributed by atoms with E-state index in [4.69, 9.17) is 32.7 Å². The summed E-state index contributed by atoms with van der Waals surface area (Å²) in [5.41, 5.74) is 2.45. The van der Waals surface area contributed by atoms with Crippen molar-refractivity contribution in [3.05, 3.63) is 111 Å². The molecule has 1 heterocycles. The molecule has 5 rings (SSSR count). The van der Waals surface area contributed by atoms with Gasteiger partial charge in [-0.25, -0.2) is 0 Å². The number of rotatable bonds is 7. The Kier molecular flexibility index (Phi) is 7.42. The molecular formula is C29H21Cl2NO4S. The largest absolute Gasteiger partial charge is 0.493 e. The summed E-state index contributed by atoms with van der Waals surface area (Å²) < 4.78 is 11.6. The normalized spacial score (nSPS) is 14.6. The molecule has 1 saturated heterocycles. The van der Waals surface area contributed by atoms with Crippen LogP contribution < -0.4 is 9.47 Å². The number of methoxy groups -OCH3 is 1. The topological polar surface area (TPSA) is 55.8 Å². The van der Waals surface area contributed by atoms with Gasteiger partial charge >= 0.3 is 0 Å². The Labute approximate surface area is 228 Å². The summed E-state index contributed by atoms with van der Waals surface area (Å²) in [4.78, 5) is 27.0. The quantitative estimate of drug-likeness (QED) is 0.219. The molecular weight excluding hydrogens is 529 g/mol. The van der Waals surface area contributed by atoms with E-state index in [0.717, 1.165) is 33.7 Å². The summed E-state index contributed by atoms with van der Waals surface area (Å²) in [6.45, 7) is 0.477. The second-order valence-corrected chi connectivity index (χ2v) is 10.2. The summed E-state index contributed by atoms with van der Waals surface area (Å²) >= 11 is 13.4. The Bertz CT molecular complexity index is 1530. The van der Waals surface area contributed by atoms with E-state index in [-0.39, 0.29) is 17.7 Å². The molecule has 186 valence electrons. The predicted octanol–water partition coefficient (Wildman–Crippen LogP) is 7.97. The minimum Gasteiger partial charge on any atom is -0.493 e. The van der Waals surface area contributed by atoms with Gasteiger partial charge in [0.25, 0.3) is 11.1 Å². The highest BCUT2D eigenvalue weighted by Crippen LogP contribution is 2.40. The fourth-order valence-corrected chi connectivity index (χ4v) is 5.33. The minimum atomic E-state index is -0.365. The Balaban J connectivity index is 1.36. The number of halogens is 2. The van der Waals surface area contributed by atoms with Gasteiger partial charge in [-0.1, -0.05) is 77.8 Å². The summed E-state index contributed by atoms with van der Waals surface area (Å²) in [5.74, 6) is 0.473. The molecule has 4 aromatic carbocycles. The molecule has 0 spiro atoms. The molecule has 8 heteroatoms. The number of carbonyl (C=O) groups is 2. The lowest BCUT2D eigenvalue weighted by Crippen LogP contribution is -2.27. The molecule has 0 bridgehead atoms. The number of ether oxygens (including phenoxy) is 2. The van der Waals surface area contributed by atoms with Crippen LogP contribution in [0.5, 0.6) is 11.5 Å². The van der Waals surface area contributed by atoms with E-state index in [1.807, 2.05) is 24.3 Å². The van der Waals surface area contributed by atoms with Crippen molar-refractivity contribution in [1.29, 1.82) is 0 Å². The van der Waals surface area contributed by atoms with Crippen molar-refractivity contribution in [1.82, 2.24) is 4.90 Å². The van der Waals surface area contributed by atoms with Crippen molar-refractivity contribution in [2.75, 3.05) is 7.11 Å². The maximum atomic E-state index is 13.0. The molecule has 0 N–H and O–H groups in total. The van der Waals surface area contributed by atoms with Gasteiger partial charge in [-0.05, 0) is 69.6 Å². The first-order valence-electron chi connectivity index (χ1n) is 11.4. The number of hydrogen-bond acceptors (Lipinski definition) is 5. The average Bonchev–Trinajstić information content (AvgIpc) is 3.16. The van der Waals surface area contributed by atoms with Crippen LogP contribution in [0.2, 0.25) is 10.0 Å². The van der Waals surface area contributed by atoms with Gasteiger partial charge in [0, 0.05) is 5.02 Å². The van der Waals surface area contributed by atoms with Crippen molar-refractivity contribution in [3.63, 3.8) is 0 Å². The number of imide groups is 1. The Morgan fingerprint density at radius 2 is 1.70 bits per heavy atom. The fraction of sp³-hybridized carbons (Fsp3) is 0.103. The lowest BCUT2D eigenvalue weighted by Gasteiger charge is -2.15. The average molecular weight is 550 g/mol. The Hall–Kier alpha value is -3.45. The van der Waals surface area contributed by atoms with Gasteiger partial charge < -0.3 is 9.47 Å². The first-order valence-corrected chi connectivity index (χ1v) is 13.0. The first-order chi connectivity index (χ1) is 17.9. The molecule has 0 aromatic heterocycles. The third kappa shape index (κ3) is 5.47. The van der Waals surface area contributed by atoms with Crippen LogP contribution in [-0.4, -0.2) is 23.2 Å². The molecule has 4 aromatic rings. The summed E-state index contributed by atoms with van der Waals surface area (Å²) in [5, 5.41) is 2.83. The highest BCUT2D eigenvalue weighted by molar-refractivity contribution is 8.18. The van der Waals surface area contributed by atoms with Crippen molar-refractivity contribution < 1.29 is 19.1 Å². The third-order valence-corrected chi connectivity index (χ3v) is 7.37. The molecule has 1 aliphatic rings. The lowest BCUT2D eigenvalue weighted by molar-refractivity contribution is -0.123. The van der Waals surface area contributed by atoms with Gasteiger partial charge in [0.15, 0.2) is 11.5 Å². The zero-order valence-electron chi connectivity index (χ0n) is 19.7. The van der Waals surface area contributed by atoms with Crippen molar-refractivity contribution in [2.24, 2.45) is 0 Å². The number of hydrogen-bond donors (Lipinski definition) is 0. The standard InChI is InChI=1S/C29H21Cl2NO4S/c1-35-25-14-19(15-26-28(33)32(29(34)37-26)16-18-9-11-22(30)12-10-18)13-24(31)27(25)36-17-21-7-4-6-20-5-2-3-8-23(20)21/h2-15H,16-17H2,1H3/b26-15-. The van der Waals surface area contributed by atoms with E-state index in [1.165, 1.54) is 12.0 Å². The summed E-state index contributed by atoms with van der Waals surface area (Å²) in [6, 6.07) is 24.6. The SMILES string of the molecule is COc1cc(/C=C2\SC(=O)N(Cc3ccc(Cl)cc3)C2=O)cc(Cl)c1OCc1cccc2ccccc12. The molecule has 37 heavy (non-hydrogen) atoms. The molecule has 0 atom stereocenters. The van der Waals surface area contributed by atoms with Crippen LogP contribution in [0.25, 0.3) is 16.8 Å². The number of nitrogens with zero attached hydrogens (tertiary/aromatic N) is 1. The Morgan fingerprint density at radius 1 is 0.946 bits per heavy atom. The van der Waals surface area contributed by atoms with Gasteiger partial charge in [0.1, 0.15) is 6.61 Å². The number of carbonyl (C=O) groups excluding carboxylic acids is 2. The highest BCUT2D eigenvalue weighted by Gasteiger charge is 2.35. The van der Waals surface area contributed by atoms with E-state index in [1.54, 1.807) is 42.5 Å². The smallest absolute Gasteiger partial charge is 0.293 e. The van der Waals surface area contributed by atoms with Crippen molar-refractivity contribution in [3.8, 4) is 11.5 Å². The lowest BCUT2D eigenvalue weighted by atomic mass is 10.1. The molecule has 0 aliphatic carbocycles. The zero-order chi connectivity index (χ0) is 25.9. The fourth-order valence-electron chi connectivity index (χ4n) is 4.09. The second kappa shape index (κ2) is 10.9. The van der Waals surface area contributed by atoms with Crippen LogP contribution in [0.1, 0.15) is 16.7 Å². The number of thioether (sulfide) groups is 1. The van der Waals surface area contributed by atoms with Crippen LogP contribution in [0.3, 0.4) is 0 Å². The summed E-state index contributed by atoms with van der Waals surface area (Å²) in [6.07, 6.45) is 1.63. The van der Waals surface area contributed by atoms with Crippen LogP contribution in [-0.2, 0) is 17.9 Å². The van der Waals surface area contributed by atoms with Crippen LogP contribution >= 0.6 is 35.0 Å². The van der Waals surface area contributed by atoms with Gasteiger partial charge in [-0.15, -0.1) is 0 Å². The van der Waals surface area contributed by atoms with Gasteiger partial charge in [0.05, 0.1) is 23.6 Å². The van der Waals surface area contributed by atoms with Crippen molar-refractivity contribution in [2.45, 2.75) is 13.2 Å². The van der Waals surface area contributed by atoms with Gasteiger partial charge in [0.2, 0.25) is 0 Å². The van der Waals surface area contributed by atoms with Crippen LogP contribution in [0, 0.1) is 0 Å². The second-order valence-electron chi connectivity index (χ2n) is 8.36. The highest BCUT2D eigenvalue weighted by atomic mass is 35.5. The van der Waals surface area contributed by atoms with E-state index >= 15 is 0 Å². The Morgan fingerprint density at radius 3 is 2.49 bits per heavy atom. The monoisotopic (exact) mass is 549 g/mol. The van der Waals surface area contributed by atoms with Gasteiger partial charge in [-0.2, -0.15) is 0 Å². The molecule has 1 fully saturated rings. The molecule has 5 nitrogen and oxygen atoms in total. The zero-order valence-corrected chi connectivity index (χ0v) is 22.1. The van der Waals surface area contributed by atoms with E-state index in [2.05, 4.69) is 18.2 Å². The third-order valence-electron chi connectivity index (χ3n) is 5.93. The van der Waals surface area contributed by atoms with Crippen molar-refractivity contribution >= 4 is 63.0 Å². The molecule has 2 amide bonds. The maximum Gasteiger partial charge on any atom is 0.293 e. The number of fused-ring (bicyclic) bond motifs is 1. The van der Waals surface area contributed by atoms with E-state index in [0.29, 0.717) is 38.6 Å². The number of amides is 2. The van der Waals surface area contributed by atoms with Gasteiger partial charge in [-0.3, -0.25) is 14.5 Å². The summed E-state index contributed by atoms with van der Waals surface area (Å²) in [7, 11) is 1.53. The van der Waals surface area contributed by atoms with E-state index in [9.17, 15) is 9.59 Å². The minimum absolute atomic E-state index is 0.171. The van der Waals surface area contributed by atoms with Crippen LogP contribution in [0.4, 0.5) is 4.79 Å². The van der Waals surface area contributed by atoms with E-state index < -0.39 is 0 Å². The molecule has 1 aliphatic heterocycles. The first kappa shape index (κ1) is 25.2. The molecule has 0 unspecified atom stereocenters. The molecule has 0 radical (unpaired) electrons. The molecule has 0 saturated carbocycles. The maximum absolute atomic E-state index is 13.0. The van der Waals surface area contributed by atoms with Crippen LogP contribution in [0.15, 0.2) is 83.8 Å². The predicted molar refractivity (Wildman–Crippen MR) is 149 cm³/mol.